The number of anilines is 1. The zero-order valence-electron chi connectivity index (χ0n) is 15.0. The highest BCUT2D eigenvalue weighted by molar-refractivity contribution is 7.80. The van der Waals surface area contributed by atoms with Crippen LogP contribution in [0, 0.1) is 0 Å². The van der Waals surface area contributed by atoms with Gasteiger partial charge in [-0.2, -0.15) is 0 Å². The number of thiocarbonyl (C=S) groups is 1. The van der Waals surface area contributed by atoms with E-state index in [2.05, 4.69) is 16.3 Å². The van der Waals surface area contributed by atoms with E-state index in [9.17, 15) is 0 Å². The van der Waals surface area contributed by atoms with Crippen LogP contribution >= 0.6 is 23.8 Å². The second kappa shape index (κ2) is 9.21. The van der Waals surface area contributed by atoms with Crippen LogP contribution in [0.15, 0.2) is 48.5 Å². The molecule has 138 valence electrons. The Morgan fingerprint density at radius 2 is 2.00 bits per heavy atom. The van der Waals surface area contributed by atoms with Gasteiger partial charge in [0, 0.05) is 23.6 Å². The van der Waals surface area contributed by atoms with Gasteiger partial charge in [-0.25, -0.2) is 0 Å². The Labute approximate surface area is 165 Å². The molecule has 0 aromatic heterocycles. The molecule has 6 heteroatoms. The van der Waals surface area contributed by atoms with Crippen molar-refractivity contribution in [2.24, 2.45) is 0 Å². The summed E-state index contributed by atoms with van der Waals surface area (Å²) >= 11 is 12.0. The minimum Gasteiger partial charge on any atom is -0.492 e. The summed E-state index contributed by atoms with van der Waals surface area (Å²) in [5.41, 5.74) is 2.10. The SMILES string of the molecule is CCOc1ccccc1NC(=S)N1CCC[NH+](Cc2ccccc2Cl)C1. The molecule has 0 saturated carbocycles. The van der Waals surface area contributed by atoms with E-state index in [0.717, 1.165) is 54.3 Å². The molecular weight excluding hydrogens is 366 g/mol. The van der Waals surface area contributed by atoms with Gasteiger partial charge < -0.3 is 19.9 Å². The second-order valence-corrected chi connectivity index (χ2v) is 7.20. The number of ether oxygens (including phenoxy) is 1. The lowest BCUT2D eigenvalue weighted by atomic mass is 10.2. The normalized spacial score (nSPS) is 17.0. The molecule has 0 bridgehead atoms. The summed E-state index contributed by atoms with van der Waals surface area (Å²) in [5.74, 6) is 0.828. The van der Waals surface area contributed by atoms with Crippen LogP contribution in [0.4, 0.5) is 5.69 Å². The molecule has 1 aliphatic heterocycles. The Morgan fingerprint density at radius 1 is 1.23 bits per heavy atom. The molecule has 1 aliphatic rings. The van der Waals surface area contributed by atoms with Gasteiger partial charge in [0.1, 0.15) is 12.3 Å². The molecule has 4 nitrogen and oxygen atoms in total. The predicted molar refractivity (Wildman–Crippen MR) is 111 cm³/mol. The van der Waals surface area contributed by atoms with Crippen molar-refractivity contribution in [2.45, 2.75) is 19.9 Å². The molecule has 2 N–H and O–H groups in total. The first-order valence-corrected chi connectivity index (χ1v) is 9.80. The first kappa shape index (κ1) is 19.0. The van der Waals surface area contributed by atoms with Gasteiger partial charge in [0.05, 0.1) is 18.8 Å². The van der Waals surface area contributed by atoms with Crippen molar-refractivity contribution in [3.8, 4) is 5.75 Å². The number of nitrogens with one attached hydrogen (secondary N) is 2. The third-order valence-corrected chi connectivity index (χ3v) is 5.22. The largest absolute Gasteiger partial charge is 0.492 e. The number of para-hydroxylation sites is 2. The molecule has 1 heterocycles. The fourth-order valence-electron chi connectivity index (χ4n) is 3.22. The van der Waals surface area contributed by atoms with E-state index in [-0.39, 0.29) is 0 Å². The highest BCUT2D eigenvalue weighted by atomic mass is 35.5. The Hall–Kier alpha value is -1.82. The quantitative estimate of drug-likeness (QED) is 0.767. The molecule has 1 unspecified atom stereocenters. The summed E-state index contributed by atoms with van der Waals surface area (Å²) in [5, 5.41) is 4.93. The summed E-state index contributed by atoms with van der Waals surface area (Å²) in [6.07, 6.45) is 1.11. The highest BCUT2D eigenvalue weighted by Gasteiger charge is 2.23. The molecule has 0 radical (unpaired) electrons. The van der Waals surface area contributed by atoms with Crippen LogP contribution in [-0.2, 0) is 6.54 Å². The van der Waals surface area contributed by atoms with E-state index in [4.69, 9.17) is 28.6 Å². The zero-order valence-corrected chi connectivity index (χ0v) is 16.6. The average molecular weight is 391 g/mol. The fourth-order valence-corrected chi connectivity index (χ4v) is 3.69. The summed E-state index contributed by atoms with van der Waals surface area (Å²) < 4.78 is 5.68. The highest BCUT2D eigenvalue weighted by Crippen LogP contribution is 2.24. The molecule has 2 aromatic carbocycles. The maximum atomic E-state index is 6.32. The topological polar surface area (TPSA) is 28.9 Å². The van der Waals surface area contributed by atoms with Gasteiger partial charge in [0.25, 0.3) is 0 Å². The van der Waals surface area contributed by atoms with Gasteiger partial charge in [-0.15, -0.1) is 0 Å². The molecule has 26 heavy (non-hydrogen) atoms. The second-order valence-electron chi connectivity index (χ2n) is 6.40. The lowest BCUT2D eigenvalue weighted by Crippen LogP contribution is -3.13. The lowest BCUT2D eigenvalue weighted by molar-refractivity contribution is -0.927. The summed E-state index contributed by atoms with van der Waals surface area (Å²) in [6, 6.07) is 16.0. The van der Waals surface area contributed by atoms with Gasteiger partial charge in [-0.1, -0.05) is 41.9 Å². The van der Waals surface area contributed by atoms with Crippen molar-refractivity contribution < 1.29 is 9.64 Å². The van der Waals surface area contributed by atoms with E-state index in [0.29, 0.717) is 6.61 Å². The molecule has 3 rings (SSSR count). The number of rotatable bonds is 5. The smallest absolute Gasteiger partial charge is 0.177 e. The van der Waals surface area contributed by atoms with Crippen molar-refractivity contribution in [1.82, 2.24) is 4.90 Å². The van der Waals surface area contributed by atoms with E-state index in [1.165, 1.54) is 10.5 Å². The zero-order chi connectivity index (χ0) is 18.4. The van der Waals surface area contributed by atoms with Crippen LogP contribution in [0.5, 0.6) is 5.75 Å². The van der Waals surface area contributed by atoms with E-state index < -0.39 is 0 Å². The number of halogens is 1. The summed E-state index contributed by atoms with van der Waals surface area (Å²) in [4.78, 5) is 3.69. The number of benzene rings is 2. The molecular formula is C20H25ClN3OS+. The first-order valence-electron chi connectivity index (χ1n) is 9.02. The van der Waals surface area contributed by atoms with Crippen LogP contribution < -0.4 is 15.0 Å². The van der Waals surface area contributed by atoms with E-state index >= 15 is 0 Å². The Morgan fingerprint density at radius 3 is 2.81 bits per heavy atom. The molecule has 0 aliphatic carbocycles. The number of nitrogens with zero attached hydrogens (tertiary/aromatic N) is 1. The van der Waals surface area contributed by atoms with Crippen molar-refractivity contribution >= 4 is 34.6 Å². The maximum Gasteiger partial charge on any atom is 0.177 e. The summed E-state index contributed by atoms with van der Waals surface area (Å²) in [7, 11) is 0. The minimum absolute atomic E-state index is 0.630. The standard InChI is InChI=1S/C20H24ClN3OS/c1-2-25-19-11-6-5-10-18(19)22-20(26)24-13-7-12-23(15-24)14-16-8-3-4-9-17(16)21/h3-6,8-11H,2,7,12-15H2,1H3,(H,22,26)/p+1. The van der Waals surface area contributed by atoms with Gasteiger partial charge >= 0.3 is 0 Å². The molecule has 1 saturated heterocycles. The minimum atomic E-state index is 0.630. The lowest BCUT2D eigenvalue weighted by Gasteiger charge is -2.34. The molecule has 0 spiro atoms. The Bertz CT molecular complexity index is 755. The van der Waals surface area contributed by atoms with Crippen LogP contribution in [0.25, 0.3) is 0 Å². The third-order valence-electron chi connectivity index (χ3n) is 4.49. The van der Waals surface area contributed by atoms with E-state index in [1.54, 1.807) is 0 Å². The average Bonchev–Trinajstić information content (AvgIpc) is 2.66. The van der Waals surface area contributed by atoms with Crippen molar-refractivity contribution in [1.29, 1.82) is 0 Å². The third kappa shape index (κ3) is 4.87. The van der Waals surface area contributed by atoms with Crippen molar-refractivity contribution in [3.63, 3.8) is 0 Å². The van der Waals surface area contributed by atoms with Gasteiger partial charge in [-0.05, 0) is 37.3 Å². The van der Waals surface area contributed by atoms with Crippen molar-refractivity contribution in [2.75, 3.05) is 31.7 Å². The molecule has 0 amide bonds. The van der Waals surface area contributed by atoms with E-state index in [1.807, 2.05) is 49.4 Å². The molecule has 2 aromatic rings. The number of hydrogen-bond acceptors (Lipinski definition) is 2. The summed E-state index contributed by atoms with van der Waals surface area (Å²) in [6.45, 7) is 6.48. The maximum absolute atomic E-state index is 6.32. The van der Waals surface area contributed by atoms with Crippen molar-refractivity contribution in [3.05, 3.63) is 59.1 Å². The molecule has 1 atom stereocenters. The van der Waals surface area contributed by atoms with Gasteiger partial charge in [0.15, 0.2) is 11.8 Å². The fraction of sp³-hybridized carbons (Fsp3) is 0.350. The first-order chi connectivity index (χ1) is 12.7. The van der Waals surface area contributed by atoms with Crippen LogP contribution in [-0.4, -0.2) is 36.4 Å². The monoisotopic (exact) mass is 390 g/mol. The van der Waals surface area contributed by atoms with Gasteiger partial charge in [0.2, 0.25) is 0 Å². The predicted octanol–water partition coefficient (Wildman–Crippen LogP) is 3.18. The molecule has 1 fully saturated rings. The Kier molecular flexibility index (Phi) is 6.72. The van der Waals surface area contributed by atoms with Gasteiger partial charge in [-0.3, -0.25) is 0 Å². The Balaban J connectivity index is 1.62. The van der Waals surface area contributed by atoms with Crippen LogP contribution in [0.1, 0.15) is 18.9 Å². The van der Waals surface area contributed by atoms with Crippen LogP contribution in [0.3, 0.4) is 0 Å². The van der Waals surface area contributed by atoms with Crippen LogP contribution in [0.2, 0.25) is 5.02 Å². The number of hydrogen-bond donors (Lipinski definition) is 2. The number of quaternary nitrogens is 1.